The number of hydrogen-bond acceptors (Lipinski definition) is 7. The Morgan fingerprint density at radius 3 is 2.71 bits per heavy atom. The van der Waals surface area contributed by atoms with Gasteiger partial charge in [0.25, 0.3) is 0 Å². The van der Waals surface area contributed by atoms with Crippen molar-refractivity contribution >= 4 is 5.78 Å². The summed E-state index contributed by atoms with van der Waals surface area (Å²) in [7, 11) is 1.49. The number of fused-ring (bicyclic) bond motifs is 1. The van der Waals surface area contributed by atoms with Crippen LogP contribution in [0.5, 0.6) is 17.2 Å². The van der Waals surface area contributed by atoms with Crippen LogP contribution >= 0.6 is 0 Å². The highest BCUT2D eigenvalue weighted by atomic mass is 19.1. The summed E-state index contributed by atoms with van der Waals surface area (Å²) in [5.74, 6) is 1.11. The van der Waals surface area contributed by atoms with Crippen molar-refractivity contribution in [3.8, 4) is 28.5 Å². The van der Waals surface area contributed by atoms with Crippen LogP contribution in [0.2, 0.25) is 0 Å². The number of ether oxygens (including phenoxy) is 3. The van der Waals surface area contributed by atoms with Crippen molar-refractivity contribution in [1.29, 1.82) is 0 Å². The zero-order chi connectivity index (χ0) is 26.9. The lowest BCUT2D eigenvalue weighted by molar-refractivity contribution is -0.00112. The number of aliphatic hydroxyl groups is 2. The number of benzene rings is 2. The molecule has 5 rings (SSSR count). The number of halogens is 1. The summed E-state index contributed by atoms with van der Waals surface area (Å²) in [5.41, 5.74) is 2.49. The minimum Gasteiger partial charge on any atom is -0.493 e. The number of pyridine rings is 1. The summed E-state index contributed by atoms with van der Waals surface area (Å²) in [5, 5.41) is 21.0. The lowest BCUT2D eigenvalue weighted by Crippen LogP contribution is -2.31. The largest absolute Gasteiger partial charge is 0.493 e. The Balaban J connectivity index is 1.43. The van der Waals surface area contributed by atoms with Gasteiger partial charge in [-0.3, -0.25) is 4.79 Å². The molecule has 2 aliphatic rings. The van der Waals surface area contributed by atoms with E-state index in [4.69, 9.17) is 24.3 Å². The Kier molecular flexibility index (Phi) is 7.36. The molecule has 1 atom stereocenters. The molecule has 8 heteroatoms. The number of aromatic nitrogens is 1. The van der Waals surface area contributed by atoms with Crippen LogP contribution in [0.4, 0.5) is 4.39 Å². The molecule has 1 aromatic heterocycles. The van der Waals surface area contributed by atoms with Gasteiger partial charge in [0.1, 0.15) is 29.5 Å². The van der Waals surface area contributed by atoms with Crippen molar-refractivity contribution in [2.24, 2.45) is 5.92 Å². The van der Waals surface area contributed by atoms with Crippen LogP contribution in [0.25, 0.3) is 11.3 Å². The molecule has 1 fully saturated rings. The number of carbonyl (C=O) groups is 1. The molecule has 2 aromatic carbocycles. The normalized spacial score (nSPS) is 15.9. The molecule has 1 saturated carbocycles. The van der Waals surface area contributed by atoms with E-state index in [1.54, 1.807) is 37.3 Å². The zero-order valence-corrected chi connectivity index (χ0v) is 21.6. The summed E-state index contributed by atoms with van der Waals surface area (Å²) in [4.78, 5) is 18.1. The Labute approximate surface area is 221 Å². The Morgan fingerprint density at radius 2 is 2.00 bits per heavy atom. The molecule has 7 nitrogen and oxygen atoms in total. The molecule has 38 heavy (non-hydrogen) atoms. The molecule has 2 N–H and O–H groups in total. The molecule has 3 aromatic rings. The van der Waals surface area contributed by atoms with E-state index in [2.05, 4.69) is 0 Å². The average Bonchev–Trinajstić information content (AvgIpc) is 3.69. The average molecular weight is 522 g/mol. The zero-order valence-electron chi connectivity index (χ0n) is 21.6. The summed E-state index contributed by atoms with van der Waals surface area (Å²) in [6.45, 7) is 2.22. The highest BCUT2D eigenvalue weighted by Gasteiger charge is 2.47. The topological polar surface area (TPSA) is 98.1 Å². The van der Waals surface area contributed by atoms with Crippen LogP contribution in [-0.4, -0.2) is 47.9 Å². The number of methoxy groups -OCH3 is 1. The first-order valence-electron chi connectivity index (χ1n) is 12.9. The standard InChI is InChI=1S/C30H32FNO6/c1-18-15-20(3-7-23(18)31)28-29-21(10-13-38-29)17-27(32-28)30(35,22-5-6-22)11-9-24(34)19-4-8-25(37-14-12-33)26(16-19)36-2/h3-4,7-8,15-17,22,33,35H,5-6,9-14H2,1-2H3. The second-order valence-corrected chi connectivity index (χ2v) is 9.97. The summed E-state index contributed by atoms with van der Waals surface area (Å²) < 4.78 is 30.7. The number of ketones is 1. The number of rotatable bonds is 11. The van der Waals surface area contributed by atoms with Gasteiger partial charge in [-0.05, 0) is 80.1 Å². The summed E-state index contributed by atoms with van der Waals surface area (Å²) in [6, 6.07) is 11.7. The molecule has 1 aliphatic carbocycles. The van der Waals surface area contributed by atoms with E-state index in [1.807, 2.05) is 6.07 Å². The Bertz CT molecular complexity index is 1350. The first-order valence-corrected chi connectivity index (χ1v) is 12.9. The monoisotopic (exact) mass is 521 g/mol. The van der Waals surface area contributed by atoms with E-state index in [9.17, 15) is 14.3 Å². The first kappa shape index (κ1) is 26.1. The fourth-order valence-corrected chi connectivity index (χ4v) is 5.07. The lowest BCUT2D eigenvalue weighted by Gasteiger charge is -2.29. The molecular formula is C30H32FNO6. The smallest absolute Gasteiger partial charge is 0.163 e. The van der Waals surface area contributed by atoms with Crippen LogP contribution in [0.15, 0.2) is 42.5 Å². The van der Waals surface area contributed by atoms with Gasteiger partial charge in [-0.15, -0.1) is 0 Å². The van der Waals surface area contributed by atoms with Crippen molar-refractivity contribution in [3.63, 3.8) is 0 Å². The van der Waals surface area contributed by atoms with Crippen LogP contribution in [0.3, 0.4) is 0 Å². The van der Waals surface area contributed by atoms with E-state index >= 15 is 0 Å². The van der Waals surface area contributed by atoms with Gasteiger partial charge in [-0.1, -0.05) is 0 Å². The second kappa shape index (κ2) is 10.7. The fourth-order valence-electron chi connectivity index (χ4n) is 5.07. The molecule has 2 heterocycles. The van der Waals surface area contributed by atoms with Gasteiger partial charge < -0.3 is 24.4 Å². The van der Waals surface area contributed by atoms with Gasteiger partial charge in [0.05, 0.1) is 26.0 Å². The number of hydrogen-bond donors (Lipinski definition) is 2. The van der Waals surface area contributed by atoms with Crippen LogP contribution < -0.4 is 14.2 Å². The van der Waals surface area contributed by atoms with Crippen LogP contribution in [0.1, 0.15) is 52.9 Å². The van der Waals surface area contributed by atoms with E-state index in [-0.39, 0.29) is 43.6 Å². The highest BCUT2D eigenvalue weighted by Crippen LogP contribution is 2.50. The molecular weight excluding hydrogens is 489 g/mol. The highest BCUT2D eigenvalue weighted by molar-refractivity contribution is 5.96. The molecule has 0 amide bonds. The predicted molar refractivity (Wildman–Crippen MR) is 139 cm³/mol. The van der Waals surface area contributed by atoms with Gasteiger partial charge in [0.15, 0.2) is 17.3 Å². The van der Waals surface area contributed by atoms with E-state index < -0.39 is 5.60 Å². The van der Waals surface area contributed by atoms with Crippen LogP contribution in [0, 0.1) is 18.7 Å². The third kappa shape index (κ3) is 5.11. The van der Waals surface area contributed by atoms with Crippen molar-refractivity contribution in [2.45, 2.75) is 44.6 Å². The van der Waals surface area contributed by atoms with Gasteiger partial charge in [-0.2, -0.15) is 0 Å². The minimum atomic E-state index is -1.27. The number of aliphatic hydroxyl groups excluding tert-OH is 1. The molecule has 200 valence electrons. The van der Waals surface area contributed by atoms with Crippen molar-refractivity contribution < 1.29 is 33.6 Å². The van der Waals surface area contributed by atoms with Crippen LogP contribution in [-0.2, 0) is 12.0 Å². The van der Waals surface area contributed by atoms with E-state index in [0.29, 0.717) is 52.8 Å². The predicted octanol–water partition coefficient (Wildman–Crippen LogP) is 4.77. The van der Waals surface area contributed by atoms with Crippen molar-refractivity contribution in [2.75, 3.05) is 26.9 Å². The third-order valence-corrected chi connectivity index (χ3v) is 7.36. The molecule has 0 bridgehead atoms. The number of aryl methyl sites for hydroxylation is 1. The molecule has 0 radical (unpaired) electrons. The lowest BCUT2D eigenvalue weighted by atomic mass is 9.85. The van der Waals surface area contributed by atoms with Gasteiger partial charge in [0, 0.05) is 29.5 Å². The maximum absolute atomic E-state index is 14.0. The SMILES string of the molecule is COc1cc(C(=O)CCC(O)(c2cc3c(c(-c4ccc(F)c(C)c4)n2)OCC3)C2CC2)ccc1OCCO. The van der Waals surface area contributed by atoms with Gasteiger partial charge in [-0.25, -0.2) is 9.37 Å². The molecule has 0 spiro atoms. The first-order chi connectivity index (χ1) is 18.3. The third-order valence-electron chi connectivity index (χ3n) is 7.36. The Hall–Kier alpha value is -3.49. The fraction of sp³-hybridized carbons (Fsp3) is 0.400. The van der Waals surface area contributed by atoms with Gasteiger partial charge >= 0.3 is 0 Å². The molecule has 0 saturated heterocycles. The number of carbonyl (C=O) groups excluding carboxylic acids is 1. The van der Waals surface area contributed by atoms with Crippen molar-refractivity contribution in [3.05, 3.63) is 70.7 Å². The number of Topliss-reactive ketones (excluding diaryl/α,β-unsaturated/α-hetero) is 1. The summed E-state index contributed by atoms with van der Waals surface area (Å²) in [6.07, 6.45) is 2.75. The quantitative estimate of drug-likeness (QED) is 0.351. The molecule has 1 unspecified atom stereocenters. The second-order valence-electron chi connectivity index (χ2n) is 9.97. The minimum absolute atomic E-state index is 0.00905. The summed E-state index contributed by atoms with van der Waals surface area (Å²) >= 11 is 0. The maximum Gasteiger partial charge on any atom is 0.163 e. The van der Waals surface area contributed by atoms with E-state index in [1.165, 1.54) is 13.2 Å². The Morgan fingerprint density at radius 1 is 1.18 bits per heavy atom. The van der Waals surface area contributed by atoms with Crippen molar-refractivity contribution in [1.82, 2.24) is 4.98 Å². The van der Waals surface area contributed by atoms with Gasteiger partial charge in [0.2, 0.25) is 0 Å². The maximum atomic E-state index is 14.0. The van der Waals surface area contributed by atoms with E-state index in [0.717, 1.165) is 24.0 Å². The number of nitrogens with zero attached hydrogens (tertiary/aromatic N) is 1. The molecule has 1 aliphatic heterocycles.